The normalized spacial score (nSPS) is 15.9. The van der Waals surface area contributed by atoms with Gasteiger partial charge in [0.05, 0.1) is 19.3 Å². The summed E-state index contributed by atoms with van der Waals surface area (Å²) in [6, 6.07) is 0. The fourth-order valence-corrected chi connectivity index (χ4v) is 1.93. The number of alkyl halides is 3. The Kier molecular flexibility index (Phi) is 13.3. The molecule has 0 amide bonds. The van der Waals surface area contributed by atoms with Crippen LogP contribution in [0.2, 0.25) is 0 Å². The summed E-state index contributed by atoms with van der Waals surface area (Å²) >= 11 is 0. The number of nitrogens with one attached hydrogen (secondary N) is 1. The van der Waals surface area contributed by atoms with Crippen LogP contribution in [0.3, 0.4) is 0 Å². The van der Waals surface area contributed by atoms with Gasteiger partial charge in [-0.3, -0.25) is 14.2 Å². The average molecular weight is 361 g/mol. The van der Waals surface area contributed by atoms with Gasteiger partial charge in [0.1, 0.15) is 12.8 Å². The van der Waals surface area contributed by atoms with E-state index in [1.807, 2.05) is 0 Å². The van der Waals surface area contributed by atoms with Crippen molar-refractivity contribution in [3.63, 3.8) is 0 Å². The van der Waals surface area contributed by atoms with Gasteiger partial charge in [0.2, 0.25) is 0 Å². The van der Waals surface area contributed by atoms with E-state index >= 15 is 0 Å². The third-order valence-electron chi connectivity index (χ3n) is 3.16. The number of likely N-dealkylation sites (N-methyl/N-ethyl adjacent to an activating group) is 1. The van der Waals surface area contributed by atoms with E-state index in [0.29, 0.717) is 5.57 Å². The number of carbonyl (C=O) groups excluding carboxylic acids is 1. The lowest BCUT2D eigenvalue weighted by Gasteiger charge is -2.17. The van der Waals surface area contributed by atoms with Gasteiger partial charge in [0.15, 0.2) is 5.78 Å². The standard InChI is InChI=1S/C17H26F3N3O2/c1-22-11-14(16(24)4-2-7-18)15(12-23-9-3-8-21)17(25)6-5-13(20)10-19/h3,5-6,8,12-13,16,22,24H,2,4,7,9-11,21H2,1H3/b6-5-,8-3-,15-14+,23-12-. The van der Waals surface area contributed by atoms with Gasteiger partial charge in [-0.25, -0.2) is 8.78 Å². The molecule has 0 fully saturated rings. The van der Waals surface area contributed by atoms with E-state index < -0.39 is 31.4 Å². The van der Waals surface area contributed by atoms with Crippen LogP contribution in [0.25, 0.3) is 0 Å². The fraction of sp³-hybridized carbons (Fsp3) is 0.529. The second-order valence-electron chi connectivity index (χ2n) is 5.13. The molecule has 4 N–H and O–H groups in total. The summed E-state index contributed by atoms with van der Waals surface area (Å²) in [6.07, 6.45) is 3.12. The number of ketones is 1. The van der Waals surface area contributed by atoms with E-state index in [9.17, 15) is 23.1 Å². The molecule has 0 saturated carbocycles. The van der Waals surface area contributed by atoms with Crippen LogP contribution in [0.4, 0.5) is 13.2 Å². The molecule has 2 atom stereocenters. The SMILES string of the molecule is CNC/C(=C(/C=N\C/C=C\N)C(=O)/C=C\C(F)CF)C(O)CCCF. The van der Waals surface area contributed by atoms with Crippen molar-refractivity contribution >= 4 is 12.0 Å². The van der Waals surface area contributed by atoms with Crippen molar-refractivity contribution in [1.82, 2.24) is 5.32 Å². The molecular formula is C17H26F3N3O2. The first-order valence-electron chi connectivity index (χ1n) is 7.92. The Morgan fingerprint density at radius 1 is 1.40 bits per heavy atom. The smallest absolute Gasteiger partial charge is 0.187 e. The van der Waals surface area contributed by atoms with Gasteiger partial charge in [0.25, 0.3) is 0 Å². The van der Waals surface area contributed by atoms with E-state index in [4.69, 9.17) is 5.73 Å². The number of allylic oxidation sites excluding steroid dienone is 3. The van der Waals surface area contributed by atoms with E-state index in [1.54, 1.807) is 13.1 Å². The molecule has 5 nitrogen and oxygen atoms in total. The van der Waals surface area contributed by atoms with Crippen LogP contribution in [0.15, 0.2) is 40.6 Å². The second kappa shape index (κ2) is 14.4. The minimum absolute atomic E-state index is 0.0495. The summed E-state index contributed by atoms with van der Waals surface area (Å²) in [5.74, 6) is -0.624. The van der Waals surface area contributed by atoms with Crippen molar-refractivity contribution in [3.05, 3.63) is 35.6 Å². The minimum Gasteiger partial charge on any atom is -0.405 e. The lowest BCUT2D eigenvalue weighted by atomic mass is 9.96. The first-order chi connectivity index (χ1) is 12.0. The summed E-state index contributed by atoms with van der Waals surface area (Å²) in [4.78, 5) is 16.4. The Balaban J connectivity index is 5.68. The molecule has 2 unspecified atom stereocenters. The van der Waals surface area contributed by atoms with E-state index in [0.717, 1.165) is 12.2 Å². The molecule has 0 radical (unpaired) electrons. The van der Waals surface area contributed by atoms with Crippen LogP contribution in [-0.2, 0) is 4.79 Å². The van der Waals surface area contributed by atoms with Crippen molar-refractivity contribution in [2.45, 2.75) is 25.1 Å². The maximum absolute atomic E-state index is 13.0. The lowest BCUT2D eigenvalue weighted by molar-refractivity contribution is -0.111. The Bertz CT molecular complexity index is 505. The molecule has 25 heavy (non-hydrogen) atoms. The highest BCUT2D eigenvalue weighted by Gasteiger charge is 2.18. The van der Waals surface area contributed by atoms with Crippen LogP contribution in [-0.4, -0.2) is 62.9 Å². The predicted octanol–water partition coefficient (Wildman–Crippen LogP) is 1.59. The molecule has 0 bridgehead atoms. The molecule has 0 aliphatic heterocycles. The zero-order valence-electron chi connectivity index (χ0n) is 14.3. The fourth-order valence-electron chi connectivity index (χ4n) is 1.93. The Labute approximate surface area is 146 Å². The van der Waals surface area contributed by atoms with Crippen LogP contribution >= 0.6 is 0 Å². The molecule has 0 saturated heterocycles. The largest absolute Gasteiger partial charge is 0.405 e. The van der Waals surface area contributed by atoms with Crippen molar-refractivity contribution in [2.24, 2.45) is 10.7 Å². The third-order valence-corrected chi connectivity index (χ3v) is 3.16. The summed E-state index contributed by atoms with van der Waals surface area (Å²) in [6.45, 7) is -1.47. The molecule has 0 aliphatic rings. The van der Waals surface area contributed by atoms with Gasteiger partial charge in [-0.05, 0) is 49.9 Å². The number of aliphatic hydroxyl groups excluding tert-OH is 1. The molecule has 0 rings (SSSR count). The summed E-state index contributed by atoms with van der Waals surface area (Å²) in [5.41, 5.74) is 5.56. The number of aliphatic hydroxyl groups is 1. The number of hydrogen-bond acceptors (Lipinski definition) is 5. The predicted molar refractivity (Wildman–Crippen MR) is 93.9 cm³/mol. The monoisotopic (exact) mass is 361 g/mol. The zero-order chi connectivity index (χ0) is 19.1. The zero-order valence-corrected chi connectivity index (χ0v) is 14.3. The van der Waals surface area contributed by atoms with Crippen molar-refractivity contribution < 1.29 is 23.1 Å². The van der Waals surface area contributed by atoms with Crippen LogP contribution in [0, 0.1) is 0 Å². The summed E-state index contributed by atoms with van der Waals surface area (Å²) in [7, 11) is 1.62. The highest BCUT2D eigenvalue weighted by Crippen LogP contribution is 2.15. The highest BCUT2D eigenvalue weighted by atomic mass is 19.2. The number of nitrogens with two attached hydrogens (primary N) is 1. The summed E-state index contributed by atoms with van der Waals surface area (Å²) in [5, 5.41) is 13.1. The Morgan fingerprint density at radius 3 is 2.68 bits per heavy atom. The first kappa shape index (κ1) is 23.1. The van der Waals surface area contributed by atoms with Crippen LogP contribution in [0.5, 0.6) is 0 Å². The topological polar surface area (TPSA) is 87.7 Å². The summed E-state index contributed by atoms with van der Waals surface area (Å²) < 4.78 is 37.5. The lowest BCUT2D eigenvalue weighted by Crippen LogP contribution is -2.25. The number of halogens is 3. The van der Waals surface area contributed by atoms with Crippen molar-refractivity contribution in [2.75, 3.05) is 33.5 Å². The molecule has 8 heteroatoms. The first-order valence-corrected chi connectivity index (χ1v) is 7.92. The maximum atomic E-state index is 13.0. The molecule has 142 valence electrons. The van der Waals surface area contributed by atoms with Gasteiger partial charge in [-0.15, -0.1) is 0 Å². The average Bonchev–Trinajstić information content (AvgIpc) is 2.62. The number of aliphatic imine (C=N–C) groups is 1. The number of hydrogen-bond donors (Lipinski definition) is 3. The van der Waals surface area contributed by atoms with E-state index in [-0.39, 0.29) is 31.5 Å². The van der Waals surface area contributed by atoms with Gasteiger partial charge in [-0.1, -0.05) is 0 Å². The number of carbonyl (C=O) groups is 1. The van der Waals surface area contributed by atoms with Crippen LogP contribution in [0.1, 0.15) is 12.8 Å². The molecule has 0 spiro atoms. The third kappa shape index (κ3) is 9.83. The molecular weight excluding hydrogens is 335 g/mol. The van der Waals surface area contributed by atoms with Crippen molar-refractivity contribution in [3.8, 4) is 0 Å². The second-order valence-corrected chi connectivity index (χ2v) is 5.13. The molecule has 0 aromatic heterocycles. The quantitative estimate of drug-likeness (QED) is 0.343. The number of rotatable bonds is 13. The van der Waals surface area contributed by atoms with Gasteiger partial charge in [0, 0.05) is 18.3 Å². The Morgan fingerprint density at radius 2 is 2.12 bits per heavy atom. The van der Waals surface area contributed by atoms with Crippen molar-refractivity contribution in [1.29, 1.82) is 0 Å². The van der Waals surface area contributed by atoms with Gasteiger partial charge >= 0.3 is 0 Å². The molecule has 0 aliphatic carbocycles. The highest BCUT2D eigenvalue weighted by molar-refractivity contribution is 6.19. The maximum Gasteiger partial charge on any atom is 0.187 e. The molecule has 0 heterocycles. The minimum atomic E-state index is -1.88. The van der Waals surface area contributed by atoms with Gasteiger partial charge < -0.3 is 16.2 Å². The van der Waals surface area contributed by atoms with Gasteiger partial charge in [-0.2, -0.15) is 0 Å². The Hall–Kier alpha value is -1.93. The molecule has 0 aromatic carbocycles. The van der Waals surface area contributed by atoms with E-state index in [2.05, 4.69) is 10.3 Å². The van der Waals surface area contributed by atoms with Crippen LogP contribution < -0.4 is 11.1 Å². The number of nitrogens with zero attached hydrogens (tertiary/aromatic N) is 1. The van der Waals surface area contributed by atoms with E-state index in [1.165, 1.54) is 12.4 Å². The molecule has 0 aromatic rings.